The standard InChI is InChI=1S/C17H16N2OS/c20-17(14-10-21-16-4-2-1-3-13(14)16)19-12-5-6-15-11(9-12)7-8-18-15/h1-6,9,14,18H,7-8,10H2,(H,19,20). The van der Waals surface area contributed by atoms with Crippen molar-refractivity contribution in [3.63, 3.8) is 0 Å². The summed E-state index contributed by atoms with van der Waals surface area (Å²) in [4.78, 5) is 13.8. The number of benzene rings is 2. The van der Waals surface area contributed by atoms with Crippen LogP contribution in [0, 0.1) is 0 Å². The van der Waals surface area contributed by atoms with E-state index in [1.54, 1.807) is 11.8 Å². The van der Waals surface area contributed by atoms with Crippen molar-refractivity contribution in [3.8, 4) is 0 Å². The van der Waals surface area contributed by atoms with Crippen LogP contribution in [-0.2, 0) is 11.2 Å². The summed E-state index contributed by atoms with van der Waals surface area (Å²) in [5.41, 5.74) is 4.53. The molecule has 0 saturated carbocycles. The van der Waals surface area contributed by atoms with Crippen molar-refractivity contribution in [1.29, 1.82) is 0 Å². The van der Waals surface area contributed by atoms with Crippen LogP contribution in [0.1, 0.15) is 17.0 Å². The summed E-state index contributed by atoms with van der Waals surface area (Å²) in [5.74, 6) is 0.883. The smallest absolute Gasteiger partial charge is 0.232 e. The lowest BCUT2D eigenvalue weighted by Gasteiger charge is -2.12. The van der Waals surface area contributed by atoms with Gasteiger partial charge in [-0.05, 0) is 41.8 Å². The Bertz CT molecular complexity index is 714. The van der Waals surface area contributed by atoms with Crippen LogP contribution in [0.25, 0.3) is 0 Å². The average Bonchev–Trinajstić information content (AvgIpc) is 3.13. The van der Waals surface area contributed by atoms with Gasteiger partial charge >= 0.3 is 0 Å². The van der Waals surface area contributed by atoms with Gasteiger partial charge in [-0.1, -0.05) is 18.2 Å². The Labute approximate surface area is 128 Å². The van der Waals surface area contributed by atoms with Gasteiger partial charge in [0, 0.05) is 28.6 Å². The van der Waals surface area contributed by atoms with E-state index in [4.69, 9.17) is 0 Å². The zero-order valence-electron chi connectivity index (χ0n) is 11.6. The molecule has 4 heteroatoms. The first-order valence-corrected chi connectivity index (χ1v) is 8.19. The van der Waals surface area contributed by atoms with Crippen LogP contribution >= 0.6 is 11.8 Å². The Hall–Kier alpha value is -1.94. The predicted octanol–water partition coefficient (Wildman–Crippen LogP) is 3.48. The first kappa shape index (κ1) is 12.8. The fourth-order valence-corrected chi connectivity index (χ4v) is 4.22. The number of hydrogen-bond donors (Lipinski definition) is 2. The topological polar surface area (TPSA) is 41.1 Å². The number of nitrogens with one attached hydrogen (secondary N) is 2. The first-order valence-electron chi connectivity index (χ1n) is 7.21. The molecule has 1 atom stereocenters. The average molecular weight is 296 g/mol. The lowest BCUT2D eigenvalue weighted by Crippen LogP contribution is -2.21. The second-order valence-corrected chi connectivity index (χ2v) is 6.50. The molecule has 0 bridgehead atoms. The van der Waals surface area contributed by atoms with Crippen molar-refractivity contribution in [2.75, 3.05) is 22.9 Å². The molecule has 4 rings (SSSR count). The number of fused-ring (bicyclic) bond motifs is 2. The predicted molar refractivity (Wildman–Crippen MR) is 87.2 cm³/mol. The van der Waals surface area contributed by atoms with Gasteiger partial charge in [-0.15, -0.1) is 11.8 Å². The van der Waals surface area contributed by atoms with Gasteiger partial charge in [-0.25, -0.2) is 0 Å². The number of hydrogen-bond acceptors (Lipinski definition) is 3. The minimum absolute atomic E-state index is 0.0439. The molecule has 1 unspecified atom stereocenters. The molecule has 0 saturated heterocycles. The number of carbonyl (C=O) groups excluding carboxylic acids is 1. The third-order valence-corrected chi connectivity index (χ3v) is 5.28. The quantitative estimate of drug-likeness (QED) is 0.891. The van der Waals surface area contributed by atoms with Crippen molar-refractivity contribution >= 4 is 29.0 Å². The van der Waals surface area contributed by atoms with Crippen molar-refractivity contribution in [3.05, 3.63) is 53.6 Å². The maximum absolute atomic E-state index is 12.5. The summed E-state index contributed by atoms with van der Waals surface area (Å²) in [6.45, 7) is 0.985. The lowest BCUT2D eigenvalue weighted by molar-refractivity contribution is -0.117. The maximum Gasteiger partial charge on any atom is 0.232 e. The van der Waals surface area contributed by atoms with Gasteiger partial charge in [-0.2, -0.15) is 0 Å². The molecule has 0 fully saturated rings. The van der Waals surface area contributed by atoms with E-state index in [0.29, 0.717) is 0 Å². The van der Waals surface area contributed by atoms with E-state index in [9.17, 15) is 4.79 Å². The molecule has 106 valence electrons. The van der Waals surface area contributed by atoms with Crippen LogP contribution in [0.5, 0.6) is 0 Å². The number of thioether (sulfide) groups is 1. The van der Waals surface area contributed by atoms with E-state index in [1.165, 1.54) is 16.1 Å². The normalized spacial score (nSPS) is 18.8. The highest BCUT2D eigenvalue weighted by Crippen LogP contribution is 2.39. The summed E-state index contributed by atoms with van der Waals surface area (Å²) in [5, 5.41) is 6.41. The number of carbonyl (C=O) groups is 1. The Kier molecular flexibility index (Phi) is 3.11. The van der Waals surface area contributed by atoms with Crippen molar-refractivity contribution in [1.82, 2.24) is 0 Å². The monoisotopic (exact) mass is 296 g/mol. The van der Waals surface area contributed by atoms with Crippen LogP contribution in [0.4, 0.5) is 11.4 Å². The van der Waals surface area contributed by atoms with E-state index in [0.717, 1.165) is 30.0 Å². The highest BCUT2D eigenvalue weighted by atomic mass is 32.2. The van der Waals surface area contributed by atoms with E-state index in [-0.39, 0.29) is 11.8 Å². The lowest BCUT2D eigenvalue weighted by atomic mass is 10.0. The largest absolute Gasteiger partial charge is 0.384 e. The van der Waals surface area contributed by atoms with E-state index < -0.39 is 0 Å². The molecule has 2 aliphatic rings. The molecule has 3 nitrogen and oxygen atoms in total. The van der Waals surface area contributed by atoms with Gasteiger partial charge in [0.25, 0.3) is 0 Å². The Morgan fingerprint density at radius 1 is 1.24 bits per heavy atom. The van der Waals surface area contributed by atoms with Gasteiger partial charge in [0.15, 0.2) is 0 Å². The summed E-state index contributed by atoms with van der Waals surface area (Å²) in [6.07, 6.45) is 1.03. The molecule has 1 amide bonds. The molecule has 2 N–H and O–H groups in total. The Balaban J connectivity index is 1.54. The van der Waals surface area contributed by atoms with Crippen molar-refractivity contribution in [2.45, 2.75) is 17.2 Å². The molecule has 2 aromatic carbocycles. The van der Waals surface area contributed by atoms with E-state index >= 15 is 0 Å². The van der Waals surface area contributed by atoms with Gasteiger partial charge in [0.2, 0.25) is 5.91 Å². The van der Waals surface area contributed by atoms with Crippen LogP contribution in [0.3, 0.4) is 0 Å². The zero-order valence-corrected chi connectivity index (χ0v) is 12.4. The summed E-state index contributed by atoms with van der Waals surface area (Å²) < 4.78 is 0. The third-order valence-electron chi connectivity index (χ3n) is 4.10. The molecule has 2 aliphatic heterocycles. The highest BCUT2D eigenvalue weighted by molar-refractivity contribution is 7.99. The number of amides is 1. The highest BCUT2D eigenvalue weighted by Gasteiger charge is 2.29. The minimum Gasteiger partial charge on any atom is -0.384 e. The van der Waals surface area contributed by atoms with Crippen LogP contribution in [0.2, 0.25) is 0 Å². The minimum atomic E-state index is -0.0439. The maximum atomic E-state index is 12.5. The third kappa shape index (κ3) is 2.29. The number of rotatable bonds is 2. The zero-order chi connectivity index (χ0) is 14.2. The molecule has 2 aromatic rings. The molecule has 0 aliphatic carbocycles. The second kappa shape index (κ2) is 5.11. The second-order valence-electron chi connectivity index (χ2n) is 5.44. The van der Waals surface area contributed by atoms with Crippen LogP contribution in [0.15, 0.2) is 47.4 Å². The van der Waals surface area contributed by atoms with Gasteiger partial charge < -0.3 is 10.6 Å². The summed E-state index contributed by atoms with van der Waals surface area (Å²) in [7, 11) is 0. The molecule has 21 heavy (non-hydrogen) atoms. The molecular weight excluding hydrogens is 280 g/mol. The molecule has 2 heterocycles. The molecular formula is C17H16N2OS. The molecule has 0 spiro atoms. The summed E-state index contributed by atoms with van der Waals surface area (Å²) in [6, 6.07) is 14.3. The molecule has 0 aromatic heterocycles. The fourth-order valence-electron chi connectivity index (χ4n) is 2.99. The van der Waals surface area contributed by atoms with Crippen LogP contribution in [-0.4, -0.2) is 18.2 Å². The first-order chi connectivity index (χ1) is 10.3. The summed E-state index contributed by atoms with van der Waals surface area (Å²) >= 11 is 1.76. The Morgan fingerprint density at radius 3 is 3.10 bits per heavy atom. The Morgan fingerprint density at radius 2 is 2.14 bits per heavy atom. The van der Waals surface area contributed by atoms with Gasteiger partial charge in [-0.3, -0.25) is 4.79 Å². The SMILES string of the molecule is O=C(Nc1ccc2c(c1)CCN2)C1CSc2ccccc21. The van der Waals surface area contributed by atoms with Gasteiger partial charge in [0.05, 0.1) is 5.92 Å². The van der Waals surface area contributed by atoms with Crippen molar-refractivity contribution in [2.24, 2.45) is 0 Å². The molecule has 0 radical (unpaired) electrons. The fraction of sp³-hybridized carbons (Fsp3) is 0.235. The van der Waals surface area contributed by atoms with E-state index in [2.05, 4.69) is 34.9 Å². The van der Waals surface area contributed by atoms with Crippen molar-refractivity contribution < 1.29 is 4.79 Å². The van der Waals surface area contributed by atoms with E-state index in [1.807, 2.05) is 18.2 Å². The van der Waals surface area contributed by atoms with Crippen LogP contribution < -0.4 is 10.6 Å². The number of anilines is 2. The van der Waals surface area contributed by atoms with Gasteiger partial charge in [0.1, 0.15) is 0 Å².